The number of rotatable bonds is 2. The van der Waals surface area contributed by atoms with Crippen molar-refractivity contribution < 1.29 is 32.2 Å². The van der Waals surface area contributed by atoms with E-state index in [0.717, 1.165) is 12.1 Å². The molecule has 1 amide bonds. The number of amides is 1. The number of carbonyl (C=O) groups excluding carboxylic acids is 1. The summed E-state index contributed by atoms with van der Waals surface area (Å²) in [5.74, 6) is -2.71. The van der Waals surface area contributed by atoms with Crippen molar-refractivity contribution in [3.05, 3.63) is 47.3 Å². The van der Waals surface area contributed by atoms with Gasteiger partial charge in [0.1, 0.15) is 5.75 Å². The first-order valence-electron chi connectivity index (χ1n) is 7.37. The van der Waals surface area contributed by atoms with E-state index >= 15 is 0 Å². The third-order valence-corrected chi connectivity index (χ3v) is 4.06. The quantitative estimate of drug-likeness (QED) is 0.811. The number of hydrogen-bond donors (Lipinski definition) is 2. The minimum Gasteiger partial charge on any atom is -0.505 e. The maximum atomic E-state index is 14.1. The van der Waals surface area contributed by atoms with Gasteiger partial charge in [0.15, 0.2) is 17.7 Å². The maximum absolute atomic E-state index is 14.1. The first-order valence-corrected chi connectivity index (χ1v) is 7.37. The molecule has 25 heavy (non-hydrogen) atoms. The van der Waals surface area contributed by atoms with Gasteiger partial charge in [0.25, 0.3) is 5.91 Å². The van der Waals surface area contributed by atoms with Crippen LogP contribution in [0.5, 0.6) is 11.5 Å². The van der Waals surface area contributed by atoms with Crippen LogP contribution in [0.25, 0.3) is 11.1 Å². The lowest BCUT2D eigenvalue weighted by Crippen LogP contribution is -2.36. The van der Waals surface area contributed by atoms with E-state index in [1.165, 1.54) is 18.2 Å². The largest absolute Gasteiger partial charge is 0.505 e. The molecule has 0 unspecified atom stereocenters. The molecule has 0 bridgehead atoms. The van der Waals surface area contributed by atoms with Gasteiger partial charge in [-0.3, -0.25) is 4.79 Å². The number of halogens is 4. The molecule has 0 saturated carbocycles. The zero-order valence-corrected chi connectivity index (χ0v) is 12.7. The Morgan fingerprint density at radius 2 is 1.92 bits per heavy atom. The van der Waals surface area contributed by atoms with Gasteiger partial charge in [-0.2, -0.15) is 13.2 Å². The summed E-state index contributed by atoms with van der Waals surface area (Å²) in [7, 11) is 0. The van der Waals surface area contributed by atoms with E-state index in [1.54, 1.807) is 0 Å². The minimum absolute atomic E-state index is 0.0180. The second kappa shape index (κ2) is 5.94. The molecule has 0 spiro atoms. The van der Waals surface area contributed by atoms with Crippen molar-refractivity contribution in [1.82, 2.24) is 0 Å². The number of phenolic OH excluding ortho intramolecular Hbond substituents is 1. The van der Waals surface area contributed by atoms with Crippen LogP contribution in [0.1, 0.15) is 17.5 Å². The molecule has 132 valence electrons. The number of ether oxygens (including phenoxy) is 1. The number of alkyl halides is 3. The van der Waals surface area contributed by atoms with Crippen LogP contribution in [-0.4, -0.2) is 17.1 Å². The SMILES string of the molecule is NC(=O)[C@H]1CCc2c(O)c(F)cc(-c3ccccc3C(F)(F)F)c2O1. The third-order valence-electron chi connectivity index (χ3n) is 4.06. The molecule has 3 N–H and O–H groups in total. The Hall–Kier alpha value is -2.77. The molecule has 1 atom stereocenters. The van der Waals surface area contributed by atoms with Gasteiger partial charge in [0.05, 0.1) is 5.56 Å². The van der Waals surface area contributed by atoms with Crippen molar-refractivity contribution in [2.75, 3.05) is 0 Å². The van der Waals surface area contributed by atoms with Crippen molar-refractivity contribution in [2.24, 2.45) is 5.73 Å². The van der Waals surface area contributed by atoms with Crippen molar-refractivity contribution in [3.63, 3.8) is 0 Å². The van der Waals surface area contributed by atoms with Gasteiger partial charge >= 0.3 is 6.18 Å². The molecule has 1 heterocycles. The fraction of sp³-hybridized carbons (Fsp3) is 0.235. The highest BCUT2D eigenvalue weighted by molar-refractivity contribution is 5.82. The number of phenols is 1. The van der Waals surface area contributed by atoms with Crippen LogP contribution in [0.4, 0.5) is 17.6 Å². The average Bonchev–Trinajstić information content (AvgIpc) is 2.57. The van der Waals surface area contributed by atoms with E-state index in [-0.39, 0.29) is 35.3 Å². The summed E-state index contributed by atoms with van der Waals surface area (Å²) in [5, 5.41) is 9.88. The lowest BCUT2D eigenvalue weighted by Gasteiger charge is -2.27. The van der Waals surface area contributed by atoms with Crippen LogP contribution in [-0.2, 0) is 17.4 Å². The molecule has 0 aromatic heterocycles. The summed E-state index contributed by atoms with van der Waals surface area (Å²) in [6, 6.07) is 5.38. The summed E-state index contributed by atoms with van der Waals surface area (Å²) in [6.07, 6.45) is -5.59. The van der Waals surface area contributed by atoms with E-state index in [0.29, 0.717) is 0 Å². The molecule has 2 aromatic rings. The highest BCUT2D eigenvalue weighted by Crippen LogP contribution is 2.46. The molecule has 8 heteroatoms. The van der Waals surface area contributed by atoms with Gasteiger partial charge in [-0.05, 0) is 30.5 Å². The Balaban J connectivity index is 2.26. The number of benzene rings is 2. The van der Waals surface area contributed by atoms with Crippen molar-refractivity contribution >= 4 is 5.91 Å². The van der Waals surface area contributed by atoms with Crippen molar-refractivity contribution in [1.29, 1.82) is 0 Å². The van der Waals surface area contributed by atoms with Crippen LogP contribution in [0.15, 0.2) is 30.3 Å². The van der Waals surface area contributed by atoms with Crippen LogP contribution < -0.4 is 10.5 Å². The predicted octanol–water partition coefficient (Wildman–Crippen LogP) is 3.40. The van der Waals surface area contributed by atoms with Gasteiger partial charge in [-0.25, -0.2) is 4.39 Å². The summed E-state index contributed by atoms with van der Waals surface area (Å²) >= 11 is 0. The van der Waals surface area contributed by atoms with Gasteiger partial charge in [0.2, 0.25) is 0 Å². The standard InChI is InChI=1S/C17H13F4NO3/c18-12-7-10(8-3-1-2-4-11(8)17(19,20)21)15-9(14(12)23)5-6-13(25-15)16(22)24/h1-4,7,13,23H,5-6H2,(H2,22,24)/t13-/m1/s1. The number of nitrogens with two attached hydrogens (primary N) is 1. The topological polar surface area (TPSA) is 72.6 Å². The molecule has 1 aliphatic heterocycles. The summed E-state index contributed by atoms with van der Waals surface area (Å²) in [4.78, 5) is 11.4. The Morgan fingerprint density at radius 3 is 2.56 bits per heavy atom. The monoisotopic (exact) mass is 355 g/mol. The normalized spacial score (nSPS) is 16.9. The molecule has 2 aromatic carbocycles. The van der Waals surface area contributed by atoms with Crippen LogP contribution in [0, 0.1) is 5.82 Å². The highest BCUT2D eigenvalue weighted by Gasteiger charge is 2.36. The second-order valence-corrected chi connectivity index (χ2v) is 5.65. The third kappa shape index (κ3) is 2.99. The predicted molar refractivity (Wildman–Crippen MR) is 80.4 cm³/mol. The number of primary amides is 1. The molecule has 0 radical (unpaired) electrons. The van der Waals surface area contributed by atoms with E-state index in [4.69, 9.17) is 10.5 Å². The smallest absolute Gasteiger partial charge is 0.417 e. The molecular formula is C17H13F4NO3. The summed E-state index contributed by atoms with van der Waals surface area (Å²) < 4.78 is 59.4. The lowest BCUT2D eigenvalue weighted by molar-refractivity contribution is -0.137. The van der Waals surface area contributed by atoms with E-state index < -0.39 is 35.3 Å². The van der Waals surface area contributed by atoms with Gasteiger partial charge in [-0.15, -0.1) is 0 Å². The van der Waals surface area contributed by atoms with Gasteiger partial charge < -0.3 is 15.6 Å². The summed E-state index contributed by atoms with van der Waals surface area (Å²) in [5.41, 5.74) is 3.74. The Labute approximate surface area is 139 Å². The molecular weight excluding hydrogens is 342 g/mol. The number of aromatic hydroxyl groups is 1. The Bertz CT molecular complexity index is 849. The Morgan fingerprint density at radius 1 is 1.24 bits per heavy atom. The molecule has 4 nitrogen and oxygen atoms in total. The van der Waals surface area contributed by atoms with E-state index in [9.17, 15) is 27.5 Å². The van der Waals surface area contributed by atoms with Gasteiger partial charge in [0, 0.05) is 11.1 Å². The second-order valence-electron chi connectivity index (χ2n) is 5.65. The average molecular weight is 355 g/mol. The van der Waals surface area contributed by atoms with Crippen molar-refractivity contribution in [3.8, 4) is 22.6 Å². The fourth-order valence-electron chi connectivity index (χ4n) is 2.88. The number of hydrogen-bond acceptors (Lipinski definition) is 3. The van der Waals surface area contributed by atoms with E-state index in [2.05, 4.69) is 0 Å². The molecule has 3 rings (SSSR count). The Kier molecular flexibility index (Phi) is 4.06. The zero-order valence-electron chi connectivity index (χ0n) is 12.7. The van der Waals surface area contributed by atoms with Crippen LogP contribution in [0.2, 0.25) is 0 Å². The van der Waals surface area contributed by atoms with Crippen LogP contribution >= 0.6 is 0 Å². The highest BCUT2D eigenvalue weighted by atomic mass is 19.4. The van der Waals surface area contributed by atoms with Gasteiger partial charge in [-0.1, -0.05) is 18.2 Å². The minimum atomic E-state index is -4.67. The zero-order chi connectivity index (χ0) is 18.4. The summed E-state index contributed by atoms with van der Waals surface area (Å²) in [6.45, 7) is 0. The fourth-order valence-corrected chi connectivity index (χ4v) is 2.88. The number of fused-ring (bicyclic) bond motifs is 1. The maximum Gasteiger partial charge on any atom is 0.417 e. The first-order chi connectivity index (χ1) is 11.7. The lowest BCUT2D eigenvalue weighted by atomic mass is 9.92. The molecule has 1 aliphatic rings. The molecule has 0 aliphatic carbocycles. The van der Waals surface area contributed by atoms with Crippen molar-refractivity contribution in [2.45, 2.75) is 25.1 Å². The molecule has 0 fully saturated rings. The van der Waals surface area contributed by atoms with E-state index in [1.807, 2.05) is 0 Å². The number of carbonyl (C=O) groups is 1. The molecule has 0 saturated heterocycles. The first kappa shape index (κ1) is 17.1. The van der Waals surface area contributed by atoms with Crippen LogP contribution in [0.3, 0.4) is 0 Å².